The Kier molecular flexibility index (Phi) is 1.78. The van der Waals surface area contributed by atoms with Crippen LogP contribution in [0.2, 0.25) is 0 Å². The fourth-order valence-electron chi connectivity index (χ4n) is 0.820. The third-order valence-corrected chi connectivity index (χ3v) is 2.09. The van der Waals surface area contributed by atoms with Gasteiger partial charge < -0.3 is 9.52 Å². The molecule has 2 heterocycles. The Morgan fingerprint density at radius 2 is 2.46 bits per heavy atom. The Morgan fingerprint density at radius 3 is 3.08 bits per heavy atom. The number of hydrogen-bond acceptors (Lipinski definition) is 6. The Hall–Kier alpha value is -1.76. The molecular weight excluding hydrogens is 194 g/mol. The van der Waals surface area contributed by atoms with Gasteiger partial charge in [0.25, 0.3) is 0 Å². The van der Waals surface area contributed by atoms with E-state index in [-0.39, 0.29) is 5.69 Å². The number of carbonyl (C=O) groups is 1. The first kappa shape index (κ1) is 7.87. The lowest BCUT2D eigenvalue weighted by molar-refractivity contribution is 0.0691. The van der Waals surface area contributed by atoms with Crippen LogP contribution in [0.1, 0.15) is 10.5 Å². The minimum absolute atomic E-state index is 0.109. The Balaban J connectivity index is 2.52. The molecule has 0 bridgehead atoms. The minimum atomic E-state index is -1.12. The second-order valence-electron chi connectivity index (χ2n) is 2.12. The lowest BCUT2D eigenvalue weighted by Crippen LogP contribution is -1.98. The van der Waals surface area contributed by atoms with E-state index in [2.05, 4.69) is 14.6 Å². The summed E-state index contributed by atoms with van der Waals surface area (Å²) in [6.07, 6.45) is 2.64. The molecule has 0 radical (unpaired) electrons. The second kappa shape index (κ2) is 2.94. The third-order valence-electron chi connectivity index (χ3n) is 1.35. The molecule has 13 heavy (non-hydrogen) atoms. The van der Waals surface area contributed by atoms with E-state index in [0.717, 1.165) is 11.5 Å². The van der Waals surface area contributed by atoms with Crippen molar-refractivity contribution in [1.29, 1.82) is 0 Å². The minimum Gasteiger partial charge on any atom is -0.476 e. The van der Waals surface area contributed by atoms with Gasteiger partial charge in [-0.15, -0.1) is 5.10 Å². The molecule has 6 nitrogen and oxygen atoms in total. The number of oxazole rings is 1. The molecule has 0 amide bonds. The van der Waals surface area contributed by atoms with Crippen LogP contribution < -0.4 is 0 Å². The highest BCUT2D eigenvalue weighted by molar-refractivity contribution is 7.09. The zero-order chi connectivity index (χ0) is 9.26. The van der Waals surface area contributed by atoms with Crippen LogP contribution in [0.25, 0.3) is 10.6 Å². The van der Waals surface area contributed by atoms with Gasteiger partial charge in [-0.3, -0.25) is 0 Å². The van der Waals surface area contributed by atoms with Gasteiger partial charge in [0.2, 0.25) is 0 Å². The summed E-state index contributed by atoms with van der Waals surface area (Å²) in [4.78, 5) is 14.7. The number of aromatic carboxylic acids is 1. The van der Waals surface area contributed by atoms with Crippen LogP contribution in [-0.2, 0) is 0 Å². The van der Waals surface area contributed by atoms with Crippen LogP contribution >= 0.6 is 11.5 Å². The standard InChI is InChI=1S/C6H3N3O3S/c10-6(11)4-5(13-9-8-4)3-1-7-2-12-3/h1-2H,(H,10,11). The summed E-state index contributed by atoms with van der Waals surface area (Å²) in [6.45, 7) is 0. The highest BCUT2D eigenvalue weighted by Gasteiger charge is 2.18. The van der Waals surface area contributed by atoms with E-state index in [0.29, 0.717) is 10.6 Å². The van der Waals surface area contributed by atoms with Crippen molar-refractivity contribution in [2.45, 2.75) is 0 Å². The number of carboxylic acid groups (broad SMARTS) is 1. The lowest BCUT2D eigenvalue weighted by Gasteiger charge is -1.88. The molecule has 2 rings (SSSR count). The topological polar surface area (TPSA) is 89.1 Å². The average molecular weight is 197 g/mol. The largest absolute Gasteiger partial charge is 0.476 e. The van der Waals surface area contributed by atoms with Crippen LogP contribution in [0.5, 0.6) is 0 Å². The van der Waals surface area contributed by atoms with E-state index in [9.17, 15) is 4.79 Å². The quantitative estimate of drug-likeness (QED) is 0.768. The van der Waals surface area contributed by atoms with Gasteiger partial charge in [0.1, 0.15) is 4.88 Å². The first-order valence-electron chi connectivity index (χ1n) is 3.23. The Labute approximate surface area is 76.0 Å². The monoisotopic (exact) mass is 197 g/mol. The van der Waals surface area contributed by atoms with E-state index in [4.69, 9.17) is 9.52 Å². The van der Waals surface area contributed by atoms with Crippen molar-refractivity contribution < 1.29 is 14.3 Å². The maximum absolute atomic E-state index is 10.6. The van der Waals surface area contributed by atoms with Crippen LogP contribution in [0.4, 0.5) is 0 Å². The highest BCUT2D eigenvalue weighted by Crippen LogP contribution is 2.25. The summed E-state index contributed by atoms with van der Waals surface area (Å²) >= 11 is 0.960. The van der Waals surface area contributed by atoms with Gasteiger partial charge in [0.05, 0.1) is 6.20 Å². The fourth-order valence-corrected chi connectivity index (χ4v) is 1.43. The van der Waals surface area contributed by atoms with E-state index >= 15 is 0 Å². The highest BCUT2D eigenvalue weighted by atomic mass is 32.1. The van der Waals surface area contributed by atoms with Crippen molar-refractivity contribution in [1.82, 2.24) is 14.6 Å². The molecule has 0 fully saturated rings. The summed E-state index contributed by atoms with van der Waals surface area (Å²) < 4.78 is 8.45. The molecule has 0 spiro atoms. The predicted octanol–water partition coefficient (Wildman–Crippen LogP) is 0.891. The smallest absolute Gasteiger partial charge is 0.358 e. The fraction of sp³-hybridized carbons (Fsp3) is 0. The predicted molar refractivity (Wildman–Crippen MR) is 42.4 cm³/mol. The van der Waals surface area contributed by atoms with Crippen molar-refractivity contribution in [2.75, 3.05) is 0 Å². The summed E-state index contributed by atoms with van der Waals surface area (Å²) in [5.74, 6) is -0.757. The summed E-state index contributed by atoms with van der Waals surface area (Å²) in [7, 11) is 0. The summed E-state index contributed by atoms with van der Waals surface area (Å²) in [5, 5.41) is 12.1. The Morgan fingerprint density at radius 1 is 1.62 bits per heavy atom. The van der Waals surface area contributed by atoms with Gasteiger partial charge in [0, 0.05) is 0 Å². The van der Waals surface area contributed by atoms with Gasteiger partial charge in [0.15, 0.2) is 17.8 Å². The van der Waals surface area contributed by atoms with Crippen LogP contribution in [0.3, 0.4) is 0 Å². The maximum atomic E-state index is 10.6. The third kappa shape index (κ3) is 1.29. The molecule has 0 unspecified atom stereocenters. The van der Waals surface area contributed by atoms with E-state index in [1.54, 1.807) is 0 Å². The van der Waals surface area contributed by atoms with Gasteiger partial charge >= 0.3 is 5.97 Å². The molecule has 2 aromatic rings. The zero-order valence-electron chi connectivity index (χ0n) is 6.17. The molecule has 0 aliphatic rings. The molecule has 0 aliphatic carbocycles. The first-order chi connectivity index (χ1) is 6.29. The van der Waals surface area contributed by atoms with Crippen LogP contribution in [0.15, 0.2) is 17.0 Å². The molecule has 1 N–H and O–H groups in total. The number of aromatic nitrogens is 3. The van der Waals surface area contributed by atoms with Gasteiger partial charge in [-0.2, -0.15) is 0 Å². The van der Waals surface area contributed by atoms with E-state index in [1.165, 1.54) is 12.6 Å². The van der Waals surface area contributed by atoms with E-state index in [1.807, 2.05) is 0 Å². The normalized spacial score (nSPS) is 10.2. The number of hydrogen-bond donors (Lipinski definition) is 1. The molecule has 0 atom stereocenters. The molecule has 0 saturated carbocycles. The van der Waals surface area contributed by atoms with Crippen LogP contribution in [0, 0.1) is 0 Å². The lowest BCUT2D eigenvalue weighted by atomic mass is 10.3. The van der Waals surface area contributed by atoms with Crippen LogP contribution in [-0.4, -0.2) is 25.6 Å². The average Bonchev–Trinajstić information content (AvgIpc) is 2.74. The summed E-state index contributed by atoms with van der Waals surface area (Å²) in [5.41, 5.74) is -0.109. The van der Waals surface area contributed by atoms with Gasteiger partial charge in [-0.25, -0.2) is 9.78 Å². The van der Waals surface area contributed by atoms with Crippen molar-refractivity contribution in [3.05, 3.63) is 18.3 Å². The number of carboxylic acids is 1. The molecule has 0 aromatic carbocycles. The Bertz CT molecular complexity index is 422. The molecular formula is C6H3N3O3S. The zero-order valence-corrected chi connectivity index (χ0v) is 6.98. The number of nitrogens with zero attached hydrogens (tertiary/aromatic N) is 3. The van der Waals surface area contributed by atoms with Crippen molar-refractivity contribution in [3.63, 3.8) is 0 Å². The molecule has 0 aliphatic heterocycles. The van der Waals surface area contributed by atoms with Crippen molar-refractivity contribution >= 4 is 17.5 Å². The maximum Gasteiger partial charge on any atom is 0.358 e. The SMILES string of the molecule is O=C(O)c1nnsc1-c1cnco1. The molecule has 0 saturated heterocycles. The second-order valence-corrected chi connectivity index (χ2v) is 2.88. The van der Waals surface area contributed by atoms with Gasteiger partial charge in [-0.05, 0) is 11.5 Å². The molecule has 2 aromatic heterocycles. The summed E-state index contributed by atoms with van der Waals surface area (Å²) in [6, 6.07) is 0. The number of rotatable bonds is 2. The van der Waals surface area contributed by atoms with Gasteiger partial charge in [-0.1, -0.05) is 4.49 Å². The first-order valence-corrected chi connectivity index (χ1v) is 4.01. The molecule has 7 heteroatoms. The molecule has 66 valence electrons. The van der Waals surface area contributed by atoms with Crippen molar-refractivity contribution in [3.8, 4) is 10.6 Å². The van der Waals surface area contributed by atoms with Crippen molar-refractivity contribution in [2.24, 2.45) is 0 Å². The van der Waals surface area contributed by atoms with E-state index < -0.39 is 5.97 Å².